The van der Waals surface area contributed by atoms with Gasteiger partial charge in [0.25, 0.3) is 0 Å². The molecule has 3 heteroatoms. The summed E-state index contributed by atoms with van der Waals surface area (Å²) in [4.78, 5) is 4.68. The van der Waals surface area contributed by atoms with Gasteiger partial charge in [0.05, 0.1) is 6.10 Å². The Morgan fingerprint density at radius 3 is 3.10 bits per heavy atom. The van der Waals surface area contributed by atoms with E-state index in [9.17, 15) is 0 Å². The largest absolute Gasteiger partial charge is 0.378 e. The lowest BCUT2D eigenvalue weighted by atomic mass is 9.80. The Labute approximate surface area is 122 Å². The molecule has 2 aliphatic rings. The predicted molar refractivity (Wildman–Crippen MR) is 81.0 cm³/mol. The molecule has 0 saturated carbocycles. The number of aromatic nitrogens is 1. The molecule has 1 fully saturated rings. The first-order chi connectivity index (χ1) is 9.88. The highest BCUT2D eigenvalue weighted by molar-refractivity contribution is 5.27. The van der Waals surface area contributed by atoms with Crippen molar-refractivity contribution in [2.75, 3.05) is 13.7 Å². The SMILES string of the molecule is CNC(CC1CCCCO1)C1CCCc2cccnc21. The highest BCUT2D eigenvalue weighted by atomic mass is 16.5. The fraction of sp³-hybridized carbons (Fsp3) is 0.706. The minimum Gasteiger partial charge on any atom is -0.378 e. The van der Waals surface area contributed by atoms with Gasteiger partial charge >= 0.3 is 0 Å². The van der Waals surface area contributed by atoms with E-state index in [0.29, 0.717) is 18.1 Å². The molecule has 0 radical (unpaired) electrons. The van der Waals surface area contributed by atoms with Crippen LogP contribution in [0.5, 0.6) is 0 Å². The molecule has 110 valence electrons. The lowest BCUT2D eigenvalue weighted by molar-refractivity contribution is 0.00345. The molecule has 0 amide bonds. The standard InChI is InChI=1S/C17H26N2O/c1-18-16(12-14-8-2-3-11-20-14)15-9-4-6-13-7-5-10-19-17(13)15/h5,7,10,14-16,18H,2-4,6,8-9,11-12H2,1H3. The summed E-state index contributed by atoms with van der Waals surface area (Å²) >= 11 is 0. The Kier molecular flexibility index (Phi) is 4.69. The molecule has 1 aliphatic heterocycles. The summed E-state index contributed by atoms with van der Waals surface area (Å²) in [6.07, 6.45) is 11.0. The monoisotopic (exact) mass is 274 g/mol. The van der Waals surface area contributed by atoms with Crippen LogP contribution in [0.2, 0.25) is 0 Å². The molecule has 1 aromatic rings. The van der Waals surface area contributed by atoms with E-state index >= 15 is 0 Å². The lowest BCUT2D eigenvalue weighted by Gasteiger charge is -2.34. The highest BCUT2D eigenvalue weighted by Crippen LogP contribution is 2.34. The van der Waals surface area contributed by atoms with E-state index < -0.39 is 0 Å². The second-order valence-electron chi connectivity index (χ2n) is 6.17. The van der Waals surface area contributed by atoms with Crippen molar-refractivity contribution in [3.8, 4) is 0 Å². The highest BCUT2D eigenvalue weighted by Gasteiger charge is 2.30. The van der Waals surface area contributed by atoms with Crippen molar-refractivity contribution in [1.29, 1.82) is 0 Å². The number of ether oxygens (including phenoxy) is 1. The van der Waals surface area contributed by atoms with E-state index in [2.05, 4.69) is 29.5 Å². The Morgan fingerprint density at radius 1 is 1.35 bits per heavy atom. The summed E-state index contributed by atoms with van der Waals surface area (Å²) in [6, 6.07) is 4.81. The quantitative estimate of drug-likeness (QED) is 0.916. The minimum absolute atomic E-state index is 0.440. The summed E-state index contributed by atoms with van der Waals surface area (Å²) in [5, 5.41) is 3.54. The van der Waals surface area contributed by atoms with Gasteiger partial charge in [0.2, 0.25) is 0 Å². The van der Waals surface area contributed by atoms with E-state index in [1.807, 2.05) is 6.20 Å². The van der Waals surface area contributed by atoms with Gasteiger partial charge in [-0.05, 0) is 63.6 Å². The first-order valence-electron chi connectivity index (χ1n) is 8.11. The molecule has 3 unspecified atom stereocenters. The average molecular weight is 274 g/mol. The first kappa shape index (κ1) is 14.0. The lowest BCUT2D eigenvalue weighted by Crippen LogP contribution is -2.38. The number of nitrogens with zero attached hydrogens (tertiary/aromatic N) is 1. The molecule has 1 aromatic heterocycles. The first-order valence-corrected chi connectivity index (χ1v) is 8.11. The van der Waals surface area contributed by atoms with Crippen molar-refractivity contribution < 1.29 is 4.74 Å². The smallest absolute Gasteiger partial charge is 0.0590 e. The molecular formula is C17H26N2O. The summed E-state index contributed by atoms with van der Waals surface area (Å²) in [5.41, 5.74) is 2.78. The maximum absolute atomic E-state index is 5.93. The number of hydrogen-bond acceptors (Lipinski definition) is 3. The van der Waals surface area contributed by atoms with Gasteiger partial charge in [0, 0.05) is 30.5 Å². The second-order valence-corrected chi connectivity index (χ2v) is 6.17. The van der Waals surface area contributed by atoms with E-state index in [1.165, 1.54) is 49.8 Å². The van der Waals surface area contributed by atoms with Gasteiger partial charge in [-0.3, -0.25) is 4.98 Å². The number of fused-ring (bicyclic) bond motifs is 1. The van der Waals surface area contributed by atoms with Crippen molar-refractivity contribution in [2.45, 2.75) is 63.0 Å². The molecule has 1 N–H and O–H groups in total. The van der Waals surface area contributed by atoms with E-state index in [-0.39, 0.29) is 0 Å². The van der Waals surface area contributed by atoms with Crippen LogP contribution in [0, 0.1) is 0 Å². The van der Waals surface area contributed by atoms with Gasteiger partial charge in [0.1, 0.15) is 0 Å². The topological polar surface area (TPSA) is 34.1 Å². The number of rotatable bonds is 4. The van der Waals surface area contributed by atoms with Crippen molar-refractivity contribution >= 4 is 0 Å². The molecule has 3 rings (SSSR count). The molecule has 20 heavy (non-hydrogen) atoms. The molecule has 1 aliphatic carbocycles. The van der Waals surface area contributed by atoms with Crippen LogP contribution in [0.4, 0.5) is 0 Å². The molecule has 3 nitrogen and oxygen atoms in total. The maximum Gasteiger partial charge on any atom is 0.0590 e. The van der Waals surface area contributed by atoms with E-state index in [0.717, 1.165) is 13.0 Å². The third-order valence-electron chi connectivity index (χ3n) is 4.89. The van der Waals surface area contributed by atoms with Crippen LogP contribution in [0.1, 0.15) is 55.7 Å². The molecule has 3 atom stereocenters. The number of aryl methyl sites for hydroxylation is 1. The van der Waals surface area contributed by atoms with Crippen molar-refractivity contribution in [1.82, 2.24) is 10.3 Å². The number of nitrogens with one attached hydrogen (secondary N) is 1. The van der Waals surface area contributed by atoms with Crippen molar-refractivity contribution in [3.63, 3.8) is 0 Å². The molecular weight excluding hydrogens is 248 g/mol. The number of likely N-dealkylation sites (N-methyl/N-ethyl adjacent to an activating group) is 1. The fourth-order valence-corrected chi connectivity index (χ4v) is 3.80. The second kappa shape index (κ2) is 6.68. The Hall–Kier alpha value is -0.930. The molecule has 0 spiro atoms. The summed E-state index contributed by atoms with van der Waals surface area (Å²) in [5.74, 6) is 0.551. The van der Waals surface area contributed by atoms with E-state index in [4.69, 9.17) is 4.74 Å². The molecule has 2 heterocycles. The normalized spacial score (nSPS) is 27.9. The zero-order valence-corrected chi connectivity index (χ0v) is 12.5. The zero-order chi connectivity index (χ0) is 13.8. The zero-order valence-electron chi connectivity index (χ0n) is 12.5. The fourth-order valence-electron chi connectivity index (χ4n) is 3.80. The van der Waals surface area contributed by atoms with Crippen LogP contribution >= 0.6 is 0 Å². The van der Waals surface area contributed by atoms with Gasteiger partial charge in [0.15, 0.2) is 0 Å². The van der Waals surface area contributed by atoms with Crippen molar-refractivity contribution in [2.24, 2.45) is 0 Å². The van der Waals surface area contributed by atoms with Gasteiger partial charge in [-0.2, -0.15) is 0 Å². The molecule has 0 bridgehead atoms. The minimum atomic E-state index is 0.440. The molecule has 1 saturated heterocycles. The van der Waals surface area contributed by atoms with Gasteiger partial charge in [-0.25, -0.2) is 0 Å². The summed E-state index contributed by atoms with van der Waals surface area (Å²) < 4.78 is 5.93. The van der Waals surface area contributed by atoms with Crippen LogP contribution in [0.3, 0.4) is 0 Å². The Bertz CT molecular complexity index is 429. The van der Waals surface area contributed by atoms with Crippen LogP contribution in [-0.2, 0) is 11.2 Å². The number of pyridine rings is 1. The average Bonchev–Trinajstić information content (AvgIpc) is 2.53. The van der Waals surface area contributed by atoms with E-state index in [1.54, 1.807) is 0 Å². The third kappa shape index (κ3) is 3.04. The Morgan fingerprint density at radius 2 is 2.30 bits per heavy atom. The number of hydrogen-bond donors (Lipinski definition) is 1. The van der Waals surface area contributed by atoms with Crippen LogP contribution in [-0.4, -0.2) is 30.8 Å². The van der Waals surface area contributed by atoms with Crippen LogP contribution in [0.25, 0.3) is 0 Å². The maximum atomic E-state index is 5.93. The Balaban J connectivity index is 1.72. The summed E-state index contributed by atoms with van der Waals surface area (Å²) in [6.45, 7) is 0.945. The predicted octanol–water partition coefficient (Wildman–Crippen LogP) is 3.05. The van der Waals surface area contributed by atoms with Crippen LogP contribution in [0.15, 0.2) is 18.3 Å². The van der Waals surface area contributed by atoms with Gasteiger partial charge in [-0.1, -0.05) is 6.07 Å². The molecule has 0 aromatic carbocycles. The van der Waals surface area contributed by atoms with Gasteiger partial charge in [-0.15, -0.1) is 0 Å². The van der Waals surface area contributed by atoms with Crippen LogP contribution < -0.4 is 5.32 Å². The summed E-state index contributed by atoms with van der Waals surface area (Å²) in [7, 11) is 2.09. The third-order valence-corrected chi connectivity index (χ3v) is 4.89. The van der Waals surface area contributed by atoms with Gasteiger partial charge < -0.3 is 10.1 Å². The van der Waals surface area contributed by atoms with Crippen molar-refractivity contribution in [3.05, 3.63) is 29.6 Å².